The predicted molar refractivity (Wildman–Crippen MR) is 116 cm³/mol. The van der Waals surface area contributed by atoms with Crippen LogP contribution in [0.3, 0.4) is 0 Å². The zero-order valence-electron chi connectivity index (χ0n) is 15.8. The second-order valence-corrected chi connectivity index (χ2v) is 7.28. The number of anilines is 2. The van der Waals surface area contributed by atoms with Crippen molar-refractivity contribution in [1.29, 1.82) is 0 Å². The van der Waals surface area contributed by atoms with E-state index in [1.807, 2.05) is 43.3 Å². The number of nitrogens with zero attached hydrogens (tertiary/aromatic N) is 2. The van der Waals surface area contributed by atoms with Crippen molar-refractivity contribution in [1.82, 2.24) is 20.3 Å². The van der Waals surface area contributed by atoms with E-state index in [-0.39, 0.29) is 5.91 Å². The van der Waals surface area contributed by atoms with Crippen LogP contribution in [0.15, 0.2) is 59.2 Å². The molecule has 0 spiro atoms. The molecule has 3 N–H and O–H groups in total. The van der Waals surface area contributed by atoms with Crippen LogP contribution in [-0.2, 0) is 0 Å². The Kier molecular flexibility index (Phi) is 5.18. The fourth-order valence-corrected chi connectivity index (χ4v) is 3.41. The molecule has 0 aliphatic rings. The highest BCUT2D eigenvalue weighted by atomic mass is 79.9. The van der Waals surface area contributed by atoms with Crippen molar-refractivity contribution in [3.8, 4) is 11.5 Å². The Balaban J connectivity index is 1.56. The summed E-state index contributed by atoms with van der Waals surface area (Å²) in [5, 5.41) is 5.82. The van der Waals surface area contributed by atoms with Gasteiger partial charge < -0.3 is 20.4 Å². The molecule has 0 radical (unpaired) electrons. The minimum atomic E-state index is -0.267. The number of H-pyrrole nitrogens is 1. The minimum absolute atomic E-state index is 0.267. The summed E-state index contributed by atoms with van der Waals surface area (Å²) < 4.78 is 6.84. The number of imidazole rings is 1. The first-order valence-electron chi connectivity index (χ1n) is 8.91. The number of halogens is 1. The van der Waals surface area contributed by atoms with Gasteiger partial charge in [0, 0.05) is 29.8 Å². The number of rotatable bonds is 5. The van der Waals surface area contributed by atoms with E-state index in [2.05, 4.69) is 41.5 Å². The Morgan fingerprint density at radius 3 is 2.72 bits per heavy atom. The van der Waals surface area contributed by atoms with Gasteiger partial charge in [0.25, 0.3) is 5.91 Å². The van der Waals surface area contributed by atoms with Crippen molar-refractivity contribution in [3.63, 3.8) is 0 Å². The van der Waals surface area contributed by atoms with Crippen LogP contribution in [0.2, 0.25) is 0 Å². The van der Waals surface area contributed by atoms with Crippen molar-refractivity contribution >= 4 is 44.5 Å². The van der Waals surface area contributed by atoms with Gasteiger partial charge in [0.15, 0.2) is 0 Å². The largest absolute Gasteiger partial charge is 0.457 e. The van der Waals surface area contributed by atoms with Gasteiger partial charge in [0.2, 0.25) is 5.95 Å². The number of hydrogen-bond donors (Lipinski definition) is 3. The monoisotopic (exact) mass is 451 g/mol. The number of benzene rings is 2. The molecule has 0 atom stereocenters. The van der Waals surface area contributed by atoms with Crippen molar-refractivity contribution in [3.05, 3.63) is 70.5 Å². The first kappa shape index (κ1) is 18.9. The molecular formula is C21H18BrN5O2. The molecule has 0 aliphatic heterocycles. The van der Waals surface area contributed by atoms with Gasteiger partial charge in [-0.3, -0.25) is 9.78 Å². The number of carbonyl (C=O) groups is 1. The summed E-state index contributed by atoms with van der Waals surface area (Å²) in [6.07, 6.45) is 1.54. The summed E-state index contributed by atoms with van der Waals surface area (Å²) in [7, 11) is 1.56. The molecule has 2 aromatic carbocycles. The van der Waals surface area contributed by atoms with Crippen molar-refractivity contribution in [2.45, 2.75) is 6.92 Å². The highest BCUT2D eigenvalue weighted by molar-refractivity contribution is 9.10. The molecular weight excluding hydrogens is 434 g/mol. The number of carbonyl (C=O) groups excluding carboxylic acids is 1. The van der Waals surface area contributed by atoms with E-state index in [1.54, 1.807) is 19.2 Å². The normalized spacial score (nSPS) is 10.7. The number of aromatic nitrogens is 3. The zero-order chi connectivity index (χ0) is 20.4. The lowest BCUT2D eigenvalue weighted by Gasteiger charge is -2.06. The second kappa shape index (κ2) is 7.92. The molecule has 1 amide bonds. The molecule has 0 saturated heterocycles. The maximum absolute atomic E-state index is 11.7. The third-order valence-electron chi connectivity index (χ3n) is 4.26. The van der Waals surface area contributed by atoms with Gasteiger partial charge in [-0.1, -0.05) is 6.07 Å². The van der Waals surface area contributed by atoms with E-state index < -0.39 is 0 Å². The van der Waals surface area contributed by atoms with Crippen LogP contribution < -0.4 is 15.4 Å². The van der Waals surface area contributed by atoms with Crippen LogP contribution in [0.1, 0.15) is 16.1 Å². The van der Waals surface area contributed by atoms with Gasteiger partial charge in [-0.05, 0) is 58.7 Å². The number of amides is 1. The molecule has 2 heterocycles. The lowest BCUT2D eigenvalue weighted by molar-refractivity contribution is 0.0958. The molecule has 2 aromatic heterocycles. The number of aryl methyl sites for hydroxylation is 1. The standard InChI is InChI=1S/C21H18BrN5O2/c1-12-3-5-16(15(22)9-12)25-21-26-17-6-4-13(10-18(17)27-21)29-14-7-8-24-19(11-14)20(28)23-2/h3-11H,1-2H3,(H,23,28)(H2,25,26,27). The summed E-state index contributed by atoms with van der Waals surface area (Å²) in [4.78, 5) is 23.6. The smallest absolute Gasteiger partial charge is 0.269 e. The number of aromatic amines is 1. The van der Waals surface area contributed by atoms with E-state index in [9.17, 15) is 4.79 Å². The van der Waals surface area contributed by atoms with E-state index in [4.69, 9.17) is 4.74 Å². The number of nitrogens with one attached hydrogen (secondary N) is 3. The van der Waals surface area contributed by atoms with Crippen LogP contribution in [0, 0.1) is 6.92 Å². The van der Waals surface area contributed by atoms with E-state index in [0.29, 0.717) is 23.1 Å². The molecule has 0 fully saturated rings. The van der Waals surface area contributed by atoms with Gasteiger partial charge in [-0.25, -0.2) is 4.98 Å². The highest BCUT2D eigenvalue weighted by Crippen LogP contribution is 2.29. The lowest BCUT2D eigenvalue weighted by Crippen LogP contribution is -2.18. The topological polar surface area (TPSA) is 91.9 Å². The average Bonchev–Trinajstić information content (AvgIpc) is 3.11. The van der Waals surface area contributed by atoms with Gasteiger partial charge in [-0.2, -0.15) is 0 Å². The number of hydrogen-bond acceptors (Lipinski definition) is 5. The quantitative estimate of drug-likeness (QED) is 0.400. The molecule has 8 heteroatoms. The van der Waals surface area contributed by atoms with E-state index in [0.717, 1.165) is 21.2 Å². The summed E-state index contributed by atoms with van der Waals surface area (Å²) >= 11 is 3.56. The second-order valence-electron chi connectivity index (χ2n) is 6.43. The molecule has 0 bridgehead atoms. The van der Waals surface area contributed by atoms with Gasteiger partial charge >= 0.3 is 0 Å². The average molecular weight is 452 g/mol. The van der Waals surface area contributed by atoms with Crippen LogP contribution in [-0.4, -0.2) is 27.9 Å². The van der Waals surface area contributed by atoms with E-state index >= 15 is 0 Å². The number of fused-ring (bicyclic) bond motifs is 1. The van der Waals surface area contributed by atoms with Gasteiger partial charge in [0.05, 0.1) is 16.7 Å². The Bertz CT molecular complexity index is 1200. The maximum Gasteiger partial charge on any atom is 0.269 e. The lowest BCUT2D eigenvalue weighted by atomic mass is 10.2. The van der Waals surface area contributed by atoms with Crippen LogP contribution in [0.5, 0.6) is 11.5 Å². The minimum Gasteiger partial charge on any atom is -0.457 e. The molecule has 4 rings (SSSR count). The molecule has 29 heavy (non-hydrogen) atoms. The molecule has 0 unspecified atom stereocenters. The molecule has 146 valence electrons. The first-order chi connectivity index (χ1) is 14.0. The van der Waals surface area contributed by atoms with Crippen LogP contribution >= 0.6 is 15.9 Å². The third kappa shape index (κ3) is 4.22. The summed E-state index contributed by atoms with van der Waals surface area (Å²) in [5.74, 6) is 1.50. The number of ether oxygens (including phenoxy) is 1. The molecule has 0 aliphatic carbocycles. The highest BCUT2D eigenvalue weighted by Gasteiger charge is 2.09. The maximum atomic E-state index is 11.7. The van der Waals surface area contributed by atoms with Crippen LogP contribution in [0.4, 0.5) is 11.6 Å². The van der Waals surface area contributed by atoms with E-state index in [1.165, 1.54) is 11.8 Å². The van der Waals surface area contributed by atoms with Crippen molar-refractivity contribution in [2.24, 2.45) is 0 Å². The fraction of sp³-hybridized carbons (Fsp3) is 0.0952. The molecule has 4 aromatic rings. The van der Waals surface area contributed by atoms with Gasteiger partial charge in [0.1, 0.15) is 17.2 Å². The number of pyridine rings is 1. The van der Waals surface area contributed by atoms with Gasteiger partial charge in [-0.15, -0.1) is 0 Å². The SMILES string of the molecule is CNC(=O)c1cc(Oc2ccc3[nH]c(Nc4ccc(C)cc4Br)nc3c2)ccn1. The van der Waals surface area contributed by atoms with Crippen molar-refractivity contribution < 1.29 is 9.53 Å². The Labute approximate surface area is 175 Å². The predicted octanol–water partition coefficient (Wildman–Crippen LogP) is 4.92. The summed E-state index contributed by atoms with van der Waals surface area (Å²) in [6.45, 7) is 2.04. The zero-order valence-corrected chi connectivity index (χ0v) is 17.4. The Hall–Kier alpha value is -3.39. The summed E-state index contributed by atoms with van der Waals surface area (Å²) in [6, 6.07) is 14.9. The Morgan fingerprint density at radius 2 is 1.93 bits per heavy atom. The van der Waals surface area contributed by atoms with Crippen molar-refractivity contribution in [2.75, 3.05) is 12.4 Å². The fourth-order valence-electron chi connectivity index (χ4n) is 2.82. The van der Waals surface area contributed by atoms with Crippen LogP contribution in [0.25, 0.3) is 11.0 Å². The first-order valence-corrected chi connectivity index (χ1v) is 9.70. The molecule has 0 saturated carbocycles. The third-order valence-corrected chi connectivity index (χ3v) is 4.92. The molecule has 7 nitrogen and oxygen atoms in total. The summed E-state index contributed by atoms with van der Waals surface area (Å²) in [5.41, 5.74) is 4.02. The Morgan fingerprint density at radius 1 is 1.10 bits per heavy atom.